The summed E-state index contributed by atoms with van der Waals surface area (Å²) in [4.78, 5) is 0. The fourth-order valence-corrected chi connectivity index (χ4v) is 1.33. The third kappa shape index (κ3) is 2.39. The number of benzene rings is 1. The molecule has 0 fully saturated rings. The van der Waals surface area contributed by atoms with Crippen LogP contribution in [-0.2, 0) is 0 Å². The van der Waals surface area contributed by atoms with Crippen LogP contribution in [0.4, 0.5) is 0 Å². The topological polar surface area (TPSA) is 49.0 Å². The molecule has 0 aliphatic heterocycles. The lowest BCUT2D eigenvalue weighted by molar-refractivity contribution is 0.474. The van der Waals surface area contributed by atoms with Crippen LogP contribution in [0.3, 0.4) is 0 Å². The summed E-state index contributed by atoms with van der Waals surface area (Å²) in [5.41, 5.74) is 0.768. The molecule has 0 aliphatic carbocycles. The third-order valence-corrected chi connectivity index (χ3v) is 2.22. The van der Waals surface area contributed by atoms with Gasteiger partial charge in [0.25, 0.3) is 0 Å². The van der Waals surface area contributed by atoms with E-state index >= 15 is 0 Å². The average molecular weight is 212 g/mol. The lowest BCUT2D eigenvalue weighted by Crippen LogP contribution is -1.98. The van der Waals surface area contributed by atoms with Crippen LogP contribution < -0.4 is 5.36 Å². The SMILES string of the molecule is N=c1ccn(/C=C/c2ccccc2O)cc1. The van der Waals surface area contributed by atoms with E-state index in [4.69, 9.17) is 5.41 Å². The molecule has 2 N–H and O–H groups in total. The molecule has 0 bridgehead atoms. The second-order valence-electron chi connectivity index (χ2n) is 3.41. The monoisotopic (exact) mass is 212 g/mol. The largest absolute Gasteiger partial charge is 0.507 e. The Hall–Kier alpha value is -2.29. The van der Waals surface area contributed by atoms with Crippen molar-refractivity contribution in [3.63, 3.8) is 0 Å². The number of pyridine rings is 1. The summed E-state index contributed by atoms with van der Waals surface area (Å²) in [5, 5.41) is 17.4. The molecular formula is C13H12N2O. The molecule has 3 heteroatoms. The smallest absolute Gasteiger partial charge is 0.122 e. The summed E-state index contributed by atoms with van der Waals surface area (Å²) in [6.45, 7) is 0. The average Bonchev–Trinajstić information content (AvgIpc) is 2.30. The second kappa shape index (κ2) is 4.49. The normalized spacial score (nSPS) is 10.8. The molecule has 0 aliphatic rings. The van der Waals surface area contributed by atoms with Crippen LogP contribution in [0.5, 0.6) is 5.75 Å². The zero-order chi connectivity index (χ0) is 11.4. The molecule has 3 nitrogen and oxygen atoms in total. The van der Waals surface area contributed by atoms with Gasteiger partial charge in [0.05, 0.1) is 5.36 Å². The molecule has 2 rings (SSSR count). The molecule has 1 aromatic carbocycles. The number of para-hydroxylation sites is 1. The number of hydrogen-bond donors (Lipinski definition) is 2. The van der Waals surface area contributed by atoms with Gasteiger partial charge < -0.3 is 15.1 Å². The Balaban J connectivity index is 2.25. The molecular weight excluding hydrogens is 200 g/mol. The zero-order valence-electron chi connectivity index (χ0n) is 8.67. The van der Waals surface area contributed by atoms with Gasteiger partial charge in [-0.1, -0.05) is 18.2 Å². The maximum absolute atomic E-state index is 9.54. The Morgan fingerprint density at radius 1 is 1.06 bits per heavy atom. The Labute approximate surface area is 93.4 Å². The minimum atomic E-state index is 0.261. The number of phenolic OH excluding ortho intramolecular Hbond substituents is 1. The van der Waals surface area contributed by atoms with Crippen molar-refractivity contribution in [1.29, 1.82) is 5.41 Å². The second-order valence-corrected chi connectivity index (χ2v) is 3.41. The van der Waals surface area contributed by atoms with Crippen LogP contribution in [-0.4, -0.2) is 9.67 Å². The van der Waals surface area contributed by atoms with E-state index in [9.17, 15) is 5.11 Å². The molecule has 80 valence electrons. The predicted molar refractivity (Wildman–Crippen MR) is 63.6 cm³/mol. The van der Waals surface area contributed by atoms with E-state index in [0.29, 0.717) is 5.36 Å². The maximum Gasteiger partial charge on any atom is 0.122 e. The molecule has 0 unspecified atom stereocenters. The molecule has 0 saturated heterocycles. The van der Waals surface area contributed by atoms with Gasteiger partial charge in [0.2, 0.25) is 0 Å². The van der Waals surface area contributed by atoms with Gasteiger partial charge in [-0.25, -0.2) is 0 Å². The van der Waals surface area contributed by atoms with E-state index in [0.717, 1.165) is 5.56 Å². The zero-order valence-corrected chi connectivity index (χ0v) is 8.67. The van der Waals surface area contributed by atoms with Crippen molar-refractivity contribution >= 4 is 12.3 Å². The first kappa shape index (κ1) is 10.2. The Bertz CT molecular complexity index is 550. The maximum atomic E-state index is 9.54. The lowest BCUT2D eigenvalue weighted by atomic mass is 10.2. The minimum absolute atomic E-state index is 0.261. The predicted octanol–water partition coefficient (Wildman–Crippen LogP) is 2.30. The molecule has 1 aromatic heterocycles. The van der Waals surface area contributed by atoms with Crippen LogP contribution in [0.15, 0.2) is 48.8 Å². The van der Waals surface area contributed by atoms with Crippen LogP contribution >= 0.6 is 0 Å². The fraction of sp³-hybridized carbons (Fsp3) is 0. The van der Waals surface area contributed by atoms with Crippen molar-refractivity contribution < 1.29 is 5.11 Å². The van der Waals surface area contributed by atoms with Crippen molar-refractivity contribution in [2.45, 2.75) is 0 Å². The van der Waals surface area contributed by atoms with Gasteiger partial charge in [0.1, 0.15) is 5.75 Å². The number of aromatic nitrogens is 1. The summed E-state index contributed by atoms with van der Waals surface area (Å²) < 4.78 is 1.82. The van der Waals surface area contributed by atoms with Crippen LogP contribution in [0, 0.1) is 5.41 Å². The number of nitrogens with one attached hydrogen (secondary N) is 1. The van der Waals surface area contributed by atoms with Crippen LogP contribution in [0.2, 0.25) is 0 Å². The highest BCUT2D eigenvalue weighted by Gasteiger charge is 1.92. The molecule has 0 saturated carbocycles. The first-order chi connectivity index (χ1) is 7.75. The lowest BCUT2D eigenvalue weighted by Gasteiger charge is -1.99. The van der Waals surface area contributed by atoms with Crippen molar-refractivity contribution in [2.24, 2.45) is 0 Å². The molecule has 0 atom stereocenters. The highest BCUT2D eigenvalue weighted by atomic mass is 16.3. The Morgan fingerprint density at radius 2 is 1.75 bits per heavy atom. The van der Waals surface area contributed by atoms with Gasteiger partial charge in [-0.3, -0.25) is 0 Å². The molecule has 2 aromatic rings. The summed E-state index contributed by atoms with van der Waals surface area (Å²) in [5.74, 6) is 0.261. The summed E-state index contributed by atoms with van der Waals surface area (Å²) in [6, 6.07) is 10.6. The number of rotatable bonds is 2. The quantitative estimate of drug-likeness (QED) is 0.788. The standard InChI is InChI=1S/C13H12N2O/c14-12-6-9-15(10-7-12)8-5-11-3-1-2-4-13(11)16/h1-10,14,16H/b8-5+. The summed E-state index contributed by atoms with van der Waals surface area (Å²) >= 11 is 0. The number of aromatic hydroxyl groups is 1. The Kier molecular flexibility index (Phi) is 2.87. The highest BCUT2D eigenvalue weighted by molar-refractivity contribution is 5.64. The van der Waals surface area contributed by atoms with E-state index in [1.54, 1.807) is 36.7 Å². The summed E-state index contributed by atoms with van der Waals surface area (Å²) in [6.07, 6.45) is 7.23. The van der Waals surface area contributed by atoms with Gasteiger partial charge in [-0.2, -0.15) is 0 Å². The van der Waals surface area contributed by atoms with Crippen molar-refractivity contribution in [3.8, 4) is 5.75 Å². The van der Waals surface area contributed by atoms with Gasteiger partial charge in [0.15, 0.2) is 0 Å². The van der Waals surface area contributed by atoms with Crippen molar-refractivity contribution in [1.82, 2.24) is 4.57 Å². The van der Waals surface area contributed by atoms with E-state index in [-0.39, 0.29) is 5.75 Å². The van der Waals surface area contributed by atoms with Crippen LogP contribution in [0.1, 0.15) is 5.56 Å². The van der Waals surface area contributed by atoms with E-state index in [1.165, 1.54) is 0 Å². The van der Waals surface area contributed by atoms with Crippen molar-refractivity contribution in [2.75, 3.05) is 0 Å². The summed E-state index contributed by atoms with van der Waals surface area (Å²) in [7, 11) is 0. The minimum Gasteiger partial charge on any atom is -0.507 e. The molecule has 1 heterocycles. The van der Waals surface area contributed by atoms with Gasteiger partial charge in [-0.15, -0.1) is 0 Å². The van der Waals surface area contributed by atoms with E-state index in [2.05, 4.69) is 0 Å². The third-order valence-electron chi connectivity index (χ3n) is 2.22. The first-order valence-corrected chi connectivity index (χ1v) is 4.94. The molecule has 16 heavy (non-hydrogen) atoms. The van der Waals surface area contributed by atoms with Gasteiger partial charge >= 0.3 is 0 Å². The highest BCUT2D eigenvalue weighted by Crippen LogP contribution is 2.17. The molecule has 0 radical (unpaired) electrons. The number of nitrogens with zero attached hydrogens (tertiary/aromatic N) is 1. The van der Waals surface area contributed by atoms with E-state index < -0.39 is 0 Å². The van der Waals surface area contributed by atoms with Gasteiger partial charge in [0, 0.05) is 24.2 Å². The van der Waals surface area contributed by atoms with E-state index in [1.807, 2.05) is 29.0 Å². The molecule has 0 amide bonds. The van der Waals surface area contributed by atoms with Crippen molar-refractivity contribution in [3.05, 3.63) is 59.7 Å². The van der Waals surface area contributed by atoms with Crippen LogP contribution in [0.25, 0.3) is 12.3 Å². The number of phenols is 1. The van der Waals surface area contributed by atoms with Gasteiger partial charge in [-0.05, 0) is 24.3 Å². The fourth-order valence-electron chi connectivity index (χ4n) is 1.33. The first-order valence-electron chi connectivity index (χ1n) is 4.94. The Morgan fingerprint density at radius 3 is 2.44 bits per heavy atom. The number of hydrogen-bond acceptors (Lipinski definition) is 2. The molecule has 0 spiro atoms.